The van der Waals surface area contributed by atoms with Crippen LogP contribution in [-0.4, -0.2) is 44.8 Å². The van der Waals surface area contributed by atoms with Crippen LogP contribution >= 0.6 is 0 Å². The number of rotatable bonds is 3. The smallest absolute Gasteiger partial charge is 0.308 e. The average Bonchev–Trinajstić information content (AvgIpc) is 3.15. The first-order valence-electron chi connectivity index (χ1n) is 7.19. The van der Waals surface area contributed by atoms with Crippen molar-refractivity contribution in [2.24, 2.45) is 5.92 Å². The minimum Gasteiger partial charge on any atom is -0.481 e. The molecule has 1 fully saturated rings. The quantitative estimate of drug-likeness (QED) is 0.936. The van der Waals surface area contributed by atoms with Crippen LogP contribution in [0.4, 0.5) is 0 Å². The lowest BCUT2D eigenvalue weighted by Crippen LogP contribution is -2.29. The molecule has 1 aromatic heterocycles. The molecule has 3 rings (SSSR count). The Morgan fingerprint density at radius 2 is 1.95 bits per heavy atom. The fourth-order valence-electron chi connectivity index (χ4n) is 2.71. The van der Waals surface area contributed by atoms with Crippen molar-refractivity contribution in [2.75, 3.05) is 13.1 Å². The van der Waals surface area contributed by atoms with Crippen molar-refractivity contribution in [3.63, 3.8) is 0 Å². The van der Waals surface area contributed by atoms with Gasteiger partial charge in [0.15, 0.2) is 0 Å². The molecule has 6 nitrogen and oxygen atoms in total. The van der Waals surface area contributed by atoms with Crippen LogP contribution in [-0.2, 0) is 4.79 Å². The van der Waals surface area contributed by atoms with Crippen molar-refractivity contribution in [1.82, 2.24) is 14.7 Å². The van der Waals surface area contributed by atoms with E-state index in [0.29, 0.717) is 18.5 Å². The zero-order valence-electron chi connectivity index (χ0n) is 12.3. The van der Waals surface area contributed by atoms with Gasteiger partial charge >= 0.3 is 5.97 Å². The van der Waals surface area contributed by atoms with Gasteiger partial charge < -0.3 is 10.0 Å². The van der Waals surface area contributed by atoms with Crippen LogP contribution < -0.4 is 0 Å². The molecule has 2 heterocycles. The van der Waals surface area contributed by atoms with Gasteiger partial charge in [0.1, 0.15) is 0 Å². The highest BCUT2D eigenvalue weighted by Gasteiger charge is 2.31. The lowest BCUT2D eigenvalue weighted by atomic mass is 10.1. The zero-order chi connectivity index (χ0) is 15.7. The molecule has 1 saturated heterocycles. The number of benzene rings is 1. The Kier molecular flexibility index (Phi) is 3.66. The van der Waals surface area contributed by atoms with Crippen molar-refractivity contribution in [1.29, 1.82) is 0 Å². The van der Waals surface area contributed by atoms with Crippen molar-refractivity contribution in [3.05, 3.63) is 47.8 Å². The molecule has 1 aliphatic heterocycles. The molecule has 114 valence electrons. The van der Waals surface area contributed by atoms with Gasteiger partial charge in [-0.05, 0) is 43.7 Å². The molecule has 0 aliphatic carbocycles. The van der Waals surface area contributed by atoms with Gasteiger partial charge in [-0.2, -0.15) is 5.10 Å². The number of carboxylic acids is 1. The SMILES string of the molecule is Cc1ccnn1-c1ccc(C(=O)N2CCC(C(=O)O)C2)cc1. The average molecular weight is 299 g/mol. The van der Waals surface area contributed by atoms with E-state index >= 15 is 0 Å². The summed E-state index contributed by atoms with van der Waals surface area (Å²) in [7, 11) is 0. The van der Waals surface area contributed by atoms with Gasteiger partial charge in [0, 0.05) is 30.5 Å². The third-order valence-corrected chi connectivity index (χ3v) is 4.02. The molecule has 0 saturated carbocycles. The molecule has 1 N–H and O–H groups in total. The van der Waals surface area contributed by atoms with E-state index in [1.165, 1.54) is 0 Å². The van der Waals surface area contributed by atoms with Gasteiger partial charge in [-0.3, -0.25) is 9.59 Å². The van der Waals surface area contributed by atoms with Gasteiger partial charge in [-0.25, -0.2) is 4.68 Å². The summed E-state index contributed by atoms with van der Waals surface area (Å²) in [5, 5.41) is 13.2. The van der Waals surface area contributed by atoms with Crippen LogP contribution in [0.25, 0.3) is 5.69 Å². The number of hydrogen-bond acceptors (Lipinski definition) is 3. The number of hydrogen-bond donors (Lipinski definition) is 1. The van der Waals surface area contributed by atoms with E-state index in [4.69, 9.17) is 5.11 Å². The second kappa shape index (κ2) is 5.63. The molecule has 1 aliphatic rings. The summed E-state index contributed by atoms with van der Waals surface area (Å²) in [5.41, 5.74) is 2.48. The molecule has 1 aromatic carbocycles. The monoisotopic (exact) mass is 299 g/mol. The van der Waals surface area contributed by atoms with Crippen LogP contribution in [0.15, 0.2) is 36.5 Å². The van der Waals surface area contributed by atoms with Crippen LogP contribution in [0.5, 0.6) is 0 Å². The van der Waals surface area contributed by atoms with Crippen LogP contribution in [0.3, 0.4) is 0 Å². The largest absolute Gasteiger partial charge is 0.481 e. The second-order valence-corrected chi connectivity index (χ2v) is 5.51. The molecule has 1 atom stereocenters. The minimum atomic E-state index is -0.834. The summed E-state index contributed by atoms with van der Waals surface area (Å²) in [5.74, 6) is -1.40. The van der Waals surface area contributed by atoms with E-state index in [2.05, 4.69) is 5.10 Å². The van der Waals surface area contributed by atoms with Gasteiger partial charge in [0.05, 0.1) is 11.6 Å². The van der Waals surface area contributed by atoms with Crippen molar-refractivity contribution >= 4 is 11.9 Å². The van der Waals surface area contributed by atoms with E-state index < -0.39 is 11.9 Å². The van der Waals surface area contributed by atoms with E-state index in [1.54, 1.807) is 27.9 Å². The van der Waals surface area contributed by atoms with Gasteiger partial charge in [0.25, 0.3) is 5.91 Å². The first-order chi connectivity index (χ1) is 10.6. The van der Waals surface area contributed by atoms with Gasteiger partial charge in [-0.15, -0.1) is 0 Å². The molecule has 0 bridgehead atoms. The second-order valence-electron chi connectivity index (χ2n) is 5.51. The Morgan fingerprint density at radius 3 is 2.50 bits per heavy atom. The molecule has 1 amide bonds. The standard InChI is InChI=1S/C16H17N3O3/c1-11-6-8-17-19(11)14-4-2-12(3-5-14)15(20)18-9-7-13(10-18)16(21)22/h2-6,8,13H,7,9-10H2,1H3,(H,21,22). The number of aromatic nitrogens is 2. The Hall–Kier alpha value is -2.63. The van der Waals surface area contributed by atoms with Crippen molar-refractivity contribution in [2.45, 2.75) is 13.3 Å². The number of aliphatic carboxylic acids is 1. The molecule has 22 heavy (non-hydrogen) atoms. The molecule has 1 unspecified atom stereocenters. The van der Waals surface area contributed by atoms with Crippen molar-refractivity contribution < 1.29 is 14.7 Å². The van der Waals surface area contributed by atoms with E-state index in [-0.39, 0.29) is 12.5 Å². The third-order valence-electron chi connectivity index (χ3n) is 4.02. The van der Waals surface area contributed by atoms with E-state index in [1.807, 2.05) is 25.1 Å². The lowest BCUT2D eigenvalue weighted by molar-refractivity contribution is -0.141. The topological polar surface area (TPSA) is 75.4 Å². The maximum Gasteiger partial charge on any atom is 0.308 e. The first-order valence-corrected chi connectivity index (χ1v) is 7.19. The molecule has 6 heteroatoms. The predicted octanol–water partition coefficient (Wildman–Crippen LogP) is 1.73. The summed E-state index contributed by atoms with van der Waals surface area (Å²) >= 11 is 0. The minimum absolute atomic E-state index is 0.118. The lowest BCUT2D eigenvalue weighted by Gasteiger charge is -2.16. The summed E-state index contributed by atoms with van der Waals surface area (Å²) in [4.78, 5) is 25.0. The number of nitrogens with zero attached hydrogens (tertiary/aromatic N) is 3. The molecular weight excluding hydrogens is 282 g/mol. The summed E-state index contributed by atoms with van der Waals surface area (Å²) in [6.45, 7) is 2.74. The van der Waals surface area contributed by atoms with E-state index in [0.717, 1.165) is 11.4 Å². The molecule has 0 radical (unpaired) electrons. The zero-order valence-corrected chi connectivity index (χ0v) is 12.3. The predicted molar refractivity (Wildman–Crippen MR) is 79.9 cm³/mol. The van der Waals surface area contributed by atoms with Crippen LogP contribution in [0, 0.1) is 12.8 Å². The maximum absolute atomic E-state index is 12.4. The molecule has 2 aromatic rings. The normalized spacial score (nSPS) is 17.7. The number of carbonyl (C=O) groups is 2. The highest BCUT2D eigenvalue weighted by Crippen LogP contribution is 2.20. The maximum atomic E-state index is 12.4. The summed E-state index contributed by atoms with van der Waals surface area (Å²) < 4.78 is 1.80. The number of likely N-dealkylation sites (tertiary alicyclic amines) is 1. The summed E-state index contributed by atoms with van der Waals surface area (Å²) in [6, 6.07) is 9.12. The van der Waals surface area contributed by atoms with E-state index in [9.17, 15) is 9.59 Å². The van der Waals surface area contributed by atoms with Gasteiger partial charge in [0.2, 0.25) is 0 Å². The fraction of sp³-hybridized carbons (Fsp3) is 0.312. The Bertz CT molecular complexity index is 706. The Morgan fingerprint density at radius 1 is 1.23 bits per heavy atom. The molecular formula is C16H17N3O3. The number of carboxylic acid groups (broad SMARTS) is 1. The van der Waals surface area contributed by atoms with Crippen LogP contribution in [0.1, 0.15) is 22.5 Å². The van der Waals surface area contributed by atoms with Crippen molar-refractivity contribution in [3.8, 4) is 5.69 Å². The Balaban J connectivity index is 1.75. The number of aryl methyl sites for hydroxylation is 1. The molecule has 0 spiro atoms. The van der Waals surface area contributed by atoms with Crippen LogP contribution in [0.2, 0.25) is 0 Å². The summed E-state index contributed by atoms with van der Waals surface area (Å²) in [6.07, 6.45) is 2.25. The highest BCUT2D eigenvalue weighted by atomic mass is 16.4. The van der Waals surface area contributed by atoms with Gasteiger partial charge in [-0.1, -0.05) is 0 Å². The number of amides is 1. The third kappa shape index (κ3) is 2.59. The fourth-order valence-corrected chi connectivity index (χ4v) is 2.71. The first kappa shape index (κ1) is 14.3. The highest BCUT2D eigenvalue weighted by molar-refractivity contribution is 5.95. The number of carbonyl (C=O) groups excluding carboxylic acids is 1. The Labute approximate surface area is 128 Å².